The Kier molecular flexibility index (Phi) is 4.61. The number of sulfonamides is 1. The molecule has 0 unspecified atom stereocenters. The molecule has 0 radical (unpaired) electrons. The van der Waals surface area contributed by atoms with Gasteiger partial charge in [-0.1, -0.05) is 15.9 Å². The molecule has 20 heavy (non-hydrogen) atoms. The van der Waals surface area contributed by atoms with Crippen molar-refractivity contribution in [1.29, 1.82) is 0 Å². The first kappa shape index (κ1) is 14.8. The largest absolute Gasteiger partial charge is 0.370 e. The third-order valence-electron chi connectivity index (χ3n) is 2.50. The molecule has 0 aliphatic rings. The summed E-state index contributed by atoms with van der Waals surface area (Å²) in [6, 6.07) is 10.1. The zero-order valence-corrected chi connectivity index (χ0v) is 13.2. The van der Waals surface area contributed by atoms with Crippen LogP contribution in [0.15, 0.2) is 52.0 Å². The van der Waals surface area contributed by atoms with Crippen LogP contribution in [0.1, 0.15) is 6.92 Å². The summed E-state index contributed by atoms with van der Waals surface area (Å²) in [7, 11) is -3.61. The van der Waals surface area contributed by atoms with Gasteiger partial charge in [-0.15, -0.1) is 0 Å². The number of benzene rings is 1. The minimum atomic E-state index is -3.61. The zero-order valence-electron chi connectivity index (χ0n) is 10.8. The maximum atomic E-state index is 12.2. The molecule has 0 spiro atoms. The number of pyridine rings is 1. The zero-order chi connectivity index (χ0) is 14.6. The highest BCUT2D eigenvalue weighted by Crippen LogP contribution is 2.18. The molecule has 0 aliphatic carbocycles. The van der Waals surface area contributed by atoms with Gasteiger partial charge in [0, 0.05) is 22.9 Å². The fourth-order valence-corrected chi connectivity index (χ4v) is 2.82. The van der Waals surface area contributed by atoms with Crippen molar-refractivity contribution in [3.8, 4) is 0 Å². The minimum absolute atomic E-state index is 0.127. The van der Waals surface area contributed by atoms with Crippen LogP contribution in [0.5, 0.6) is 0 Å². The summed E-state index contributed by atoms with van der Waals surface area (Å²) in [5.41, 5.74) is 0.504. The third kappa shape index (κ3) is 3.71. The van der Waals surface area contributed by atoms with Gasteiger partial charge in [-0.2, -0.15) is 0 Å². The van der Waals surface area contributed by atoms with Crippen molar-refractivity contribution in [2.24, 2.45) is 0 Å². The van der Waals surface area contributed by atoms with Gasteiger partial charge >= 0.3 is 0 Å². The van der Waals surface area contributed by atoms with E-state index in [1.807, 2.05) is 6.92 Å². The van der Waals surface area contributed by atoms with Crippen molar-refractivity contribution in [2.75, 3.05) is 16.6 Å². The number of rotatable bonds is 5. The molecule has 1 aromatic carbocycles. The van der Waals surface area contributed by atoms with Crippen LogP contribution < -0.4 is 10.0 Å². The van der Waals surface area contributed by atoms with Crippen LogP contribution in [0.25, 0.3) is 0 Å². The van der Waals surface area contributed by atoms with Gasteiger partial charge in [0.15, 0.2) is 0 Å². The van der Waals surface area contributed by atoms with Crippen molar-refractivity contribution in [3.05, 3.63) is 47.1 Å². The maximum Gasteiger partial charge on any atom is 0.263 e. The summed E-state index contributed by atoms with van der Waals surface area (Å²) >= 11 is 3.30. The summed E-state index contributed by atoms with van der Waals surface area (Å²) in [6.45, 7) is 2.68. The third-order valence-corrected chi connectivity index (χ3v) is 4.40. The monoisotopic (exact) mass is 355 g/mol. The first-order chi connectivity index (χ1) is 9.51. The number of aromatic nitrogens is 1. The van der Waals surface area contributed by atoms with Crippen LogP contribution in [0.2, 0.25) is 0 Å². The highest BCUT2D eigenvalue weighted by Gasteiger charge is 2.14. The van der Waals surface area contributed by atoms with E-state index >= 15 is 0 Å². The van der Waals surface area contributed by atoms with E-state index in [0.29, 0.717) is 11.5 Å². The average Bonchev–Trinajstić information content (AvgIpc) is 2.42. The van der Waals surface area contributed by atoms with Crippen LogP contribution in [-0.4, -0.2) is 19.9 Å². The quantitative estimate of drug-likeness (QED) is 0.864. The van der Waals surface area contributed by atoms with Gasteiger partial charge in [-0.05, 0) is 43.3 Å². The van der Waals surface area contributed by atoms with Crippen molar-refractivity contribution in [3.63, 3.8) is 0 Å². The maximum absolute atomic E-state index is 12.2. The molecule has 1 aromatic heterocycles. The van der Waals surface area contributed by atoms with Gasteiger partial charge in [0.1, 0.15) is 10.7 Å². The fourth-order valence-electron chi connectivity index (χ4n) is 1.56. The summed E-state index contributed by atoms with van der Waals surface area (Å²) in [5.74, 6) is 0.648. The first-order valence-corrected chi connectivity index (χ1v) is 8.27. The predicted molar refractivity (Wildman–Crippen MR) is 83.4 cm³/mol. The number of anilines is 2. The lowest BCUT2D eigenvalue weighted by molar-refractivity contribution is 0.601. The molecule has 0 fully saturated rings. The molecule has 0 saturated heterocycles. The van der Waals surface area contributed by atoms with E-state index in [-0.39, 0.29) is 4.90 Å². The van der Waals surface area contributed by atoms with Gasteiger partial charge in [-0.25, -0.2) is 13.4 Å². The van der Waals surface area contributed by atoms with Crippen molar-refractivity contribution < 1.29 is 8.42 Å². The first-order valence-electron chi connectivity index (χ1n) is 5.99. The summed E-state index contributed by atoms with van der Waals surface area (Å²) in [4.78, 5) is 4.18. The topological polar surface area (TPSA) is 71.1 Å². The van der Waals surface area contributed by atoms with Crippen molar-refractivity contribution >= 4 is 37.5 Å². The number of hydrogen-bond acceptors (Lipinski definition) is 4. The Morgan fingerprint density at radius 3 is 2.40 bits per heavy atom. The number of hydrogen-bond donors (Lipinski definition) is 2. The number of halogens is 1. The van der Waals surface area contributed by atoms with Crippen LogP contribution in [0.3, 0.4) is 0 Å². The lowest BCUT2D eigenvalue weighted by Crippen LogP contribution is -2.13. The standard InChI is InChI=1S/C13H14BrN3O2S/c1-2-15-13-8-7-12(9-16-13)20(18,19)17-11-5-3-10(14)4-6-11/h3-9,17H,2H2,1H3,(H,15,16). The SMILES string of the molecule is CCNc1ccc(S(=O)(=O)Nc2ccc(Br)cc2)cn1. The van der Waals surface area contributed by atoms with E-state index in [9.17, 15) is 8.42 Å². The highest BCUT2D eigenvalue weighted by atomic mass is 79.9. The minimum Gasteiger partial charge on any atom is -0.370 e. The smallest absolute Gasteiger partial charge is 0.263 e. The second-order valence-corrected chi connectivity index (χ2v) is 6.62. The molecule has 2 rings (SSSR count). The van der Waals surface area contributed by atoms with E-state index in [2.05, 4.69) is 31.0 Å². The van der Waals surface area contributed by atoms with E-state index in [0.717, 1.165) is 11.0 Å². The molecule has 0 saturated carbocycles. The van der Waals surface area contributed by atoms with Gasteiger partial charge in [0.05, 0.1) is 0 Å². The molecule has 106 valence electrons. The fraction of sp³-hybridized carbons (Fsp3) is 0.154. The normalized spacial score (nSPS) is 11.1. The van der Waals surface area contributed by atoms with Crippen molar-refractivity contribution in [1.82, 2.24) is 4.98 Å². The summed E-state index contributed by atoms with van der Waals surface area (Å²) in [5, 5.41) is 3.01. The van der Waals surface area contributed by atoms with Crippen molar-refractivity contribution in [2.45, 2.75) is 11.8 Å². The lowest BCUT2D eigenvalue weighted by Gasteiger charge is -2.08. The van der Waals surface area contributed by atoms with E-state index < -0.39 is 10.0 Å². The molecule has 2 aromatic rings. The highest BCUT2D eigenvalue weighted by molar-refractivity contribution is 9.10. The second-order valence-electron chi connectivity index (χ2n) is 4.02. The Morgan fingerprint density at radius 1 is 1.15 bits per heavy atom. The van der Waals surface area contributed by atoms with E-state index in [4.69, 9.17) is 0 Å². The van der Waals surface area contributed by atoms with Crippen LogP contribution in [0.4, 0.5) is 11.5 Å². The average molecular weight is 356 g/mol. The molecule has 0 atom stereocenters. The summed E-state index contributed by atoms with van der Waals surface area (Å²) in [6.07, 6.45) is 1.33. The molecular weight excluding hydrogens is 342 g/mol. The van der Waals surface area contributed by atoms with E-state index in [1.54, 1.807) is 30.3 Å². The Balaban J connectivity index is 2.19. The molecule has 0 aliphatic heterocycles. The van der Waals surface area contributed by atoms with Crippen LogP contribution >= 0.6 is 15.9 Å². The Bertz CT molecular complexity index is 670. The molecule has 5 nitrogen and oxygen atoms in total. The van der Waals surface area contributed by atoms with Gasteiger partial charge in [0.25, 0.3) is 10.0 Å². The molecule has 0 amide bonds. The Labute approximate surface area is 126 Å². The van der Waals surface area contributed by atoms with Gasteiger partial charge in [-0.3, -0.25) is 4.72 Å². The number of nitrogens with one attached hydrogen (secondary N) is 2. The molecule has 2 N–H and O–H groups in total. The lowest BCUT2D eigenvalue weighted by atomic mass is 10.3. The van der Waals surface area contributed by atoms with Crippen LogP contribution in [-0.2, 0) is 10.0 Å². The van der Waals surface area contributed by atoms with Gasteiger partial charge < -0.3 is 5.32 Å². The summed E-state index contributed by atoms with van der Waals surface area (Å²) < 4.78 is 27.7. The van der Waals surface area contributed by atoms with Crippen LogP contribution in [0, 0.1) is 0 Å². The van der Waals surface area contributed by atoms with E-state index in [1.165, 1.54) is 12.3 Å². The molecule has 0 bridgehead atoms. The predicted octanol–water partition coefficient (Wildman–Crippen LogP) is 3.08. The Morgan fingerprint density at radius 2 is 1.85 bits per heavy atom. The number of nitrogens with zero attached hydrogens (tertiary/aromatic N) is 1. The Hall–Kier alpha value is -1.60. The van der Waals surface area contributed by atoms with Gasteiger partial charge in [0.2, 0.25) is 0 Å². The molecular formula is C13H14BrN3O2S. The molecule has 7 heteroatoms. The molecule has 1 heterocycles. The second kappa shape index (κ2) is 6.23.